The molecule has 1 N–H and O–H groups in total. The van der Waals surface area contributed by atoms with Gasteiger partial charge in [0, 0.05) is 42.4 Å². The third-order valence-corrected chi connectivity index (χ3v) is 7.24. The second-order valence-corrected chi connectivity index (χ2v) is 11.8. The number of furan rings is 1. The highest BCUT2D eigenvalue weighted by Gasteiger charge is 2.35. The van der Waals surface area contributed by atoms with E-state index in [4.69, 9.17) is 20.8 Å². The summed E-state index contributed by atoms with van der Waals surface area (Å²) in [5.41, 5.74) is 3.16. The molecule has 1 aliphatic rings. The molecule has 0 aliphatic carbocycles. The lowest BCUT2D eigenvalue weighted by atomic mass is 9.96. The molecule has 1 aromatic heterocycles. The van der Waals surface area contributed by atoms with Gasteiger partial charge in [0.15, 0.2) is 0 Å². The molecule has 1 aliphatic heterocycles. The van der Waals surface area contributed by atoms with E-state index in [2.05, 4.69) is 5.32 Å². The minimum atomic E-state index is -2.73. The second kappa shape index (κ2) is 11.4. The summed E-state index contributed by atoms with van der Waals surface area (Å²) in [6, 6.07) is 16.9. The molecular formula is C32H30ClF3N2O4. The summed E-state index contributed by atoms with van der Waals surface area (Å²) >= 11 is 6.10. The molecule has 0 atom stereocenters. The van der Waals surface area contributed by atoms with Crippen LogP contribution in [0, 0.1) is 5.82 Å². The van der Waals surface area contributed by atoms with Crippen molar-refractivity contribution >= 4 is 34.6 Å². The smallest absolute Gasteiger partial charge is 0.408 e. The highest BCUT2D eigenvalue weighted by molar-refractivity contribution is 6.31. The molecule has 6 nitrogen and oxygen atoms in total. The Labute approximate surface area is 246 Å². The first-order valence-corrected chi connectivity index (χ1v) is 13.9. The molecule has 42 heavy (non-hydrogen) atoms. The van der Waals surface area contributed by atoms with Gasteiger partial charge in [-0.05, 0) is 79.9 Å². The number of hydrogen-bond acceptors (Lipinski definition) is 4. The molecule has 1 saturated heterocycles. The highest BCUT2D eigenvalue weighted by Crippen LogP contribution is 2.37. The minimum Gasteiger partial charge on any atom is -0.459 e. The van der Waals surface area contributed by atoms with Crippen LogP contribution in [0.3, 0.4) is 0 Å². The Morgan fingerprint density at radius 3 is 2.29 bits per heavy atom. The zero-order valence-electron chi connectivity index (χ0n) is 23.4. The Hall–Kier alpha value is -3.98. The number of benzene rings is 3. The van der Waals surface area contributed by atoms with E-state index in [-0.39, 0.29) is 43.4 Å². The lowest BCUT2D eigenvalue weighted by Crippen LogP contribution is -2.42. The molecule has 4 aromatic rings. The number of carbonyl (C=O) groups excluding carboxylic acids is 2. The molecule has 0 unspecified atom stereocenters. The molecule has 10 heteroatoms. The summed E-state index contributed by atoms with van der Waals surface area (Å²) in [5.74, 6) is -3.08. The number of hydrogen-bond donors (Lipinski definition) is 1. The molecule has 0 radical (unpaired) electrons. The number of carbonyl (C=O) groups is 2. The third kappa shape index (κ3) is 6.73. The highest BCUT2D eigenvalue weighted by atomic mass is 35.5. The number of nitrogens with zero attached hydrogens (tertiary/aromatic N) is 1. The average molecular weight is 599 g/mol. The SMILES string of the molecule is CC(C)(C)OC(=O)NCc1cc2cc(-c3ccc(C(=O)N4CCC(F)(F)CC4)cc3)cc(-c3ccc(F)c(Cl)c3)c2o1. The fourth-order valence-electron chi connectivity index (χ4n) is 4.84. The maximum Gasteiger partial charge on any atom is 0.408 e. The molecule has 0 saturated carbocycles. The molecule has 1 fully saturated rings. The van der Waals surface area contributed by atoms with Crippen LogP contribution in [0.5, 0.6) is 0 Å². The van der Waals surface area contributed by atoms with Crippen molar-refractivity contribution in [3.63, 3.8) is 0 Å². The number of nitrogens with one attached hydrogen (secondary N) is 1. The van der Waals surface area contributed by atoms with Gasteiger partial charge in [-0.15, -0.1) is 0 Å². The fraction of sp³-hybridized carbons (Fsp3) is 0.312. The van der Waals surface area contributed by atoms with Crippen LogP contribution in [-0.4, -0.2) is 41.5 Å². The lowest BCUT2D eigenvalue weighted by Gasteiger charge is -2.31. The summed E-state index contributed by atoms with van der Waals surface area (Å²) in [6.45, 7) is 5.42. The van der Waals surface area contributed by atoms with Crippen molar-refractivity contribution in [2.24, 2.45) is 0 Å². The summed E-state index contributed by atoms with van der Waals surface area (Å²) in [4.78, 5) is 26.5. The number of ether oxygens (including phenoxy) is 1. The Morgan fingerprint density at radius 1 is 0.976 bits per heavy atom. The Kier molecular flexibility index (Phi) is 7.98. The van der Waals surface area contributed by atoms with Crippen molar-refractivity contribution in [2.45, 2.75) is 51.7 Å². The van der Waals surface area contributed by atoms with Gasteiger partial charge >= 0.3 is 6.09 Å². The van der Waals surface area contributed by atoms with Crippen molar-refractivity contribution < 1.29 is 31.9 Å². The molecule has 5 rings (SSSR count). The molecule has 0 bridgehead atoms. The number of likely N-dealkylation sites (tertiary alicyclic amines) is 1. The number of halogens is 4. The molecule has 2 amide bonds. The van der Waals surface area contributed by atoms with Gasteiger partial charge in [0.25, 0.3) is 11.8 Å². The van der Waals surface area contributed by atoms with E-state index >= 15 is 0 Å². The zero-order chi connectivity index (χ0) is 30.2. The Morgan fingerprint density at radius 2 is 1.64 bits per heavy atom. The van der Waals surface area contributed by atoms with E-state index < -0.39 is 23.4 Å². The number of amides is 2. The predicted octanol–water partition coefficient (Wildman–Crippen LogP) is 8.46. The van der Waals surface area contributed by atoms with Crippen molar-refractivity contribution in [1.29, 1.82) is 0 Å². The fourth-order valence-corrected chi connectivity index (χ4v) is 5.02. The van der Waals surface area contributed by atoms with E-state index in [9.17, 15) is 22.8 Å². The molecule has 3 aromatic carbocycles. The number of alkyl carbamates (subject to hydrolysis) is 1. The largest absolute Gasteiger partial charge is 0.459 e. The van der Waals surface area contributed by atoms with E-state index in [1.807, 2.05) is 12.1 Å². The zero-order valence-corrected chi connectivity index (χ0v) is 24.2. The van der Waals surface area contributed by atoms with Gasteiger partial charge in [-0.1, -0.05) is 29.8 Å². The lowest BCUT2D eigenvalue weighted by molar-refractivity contribution is -0.0494. The van der Waals surface area contributed by atoms with E-state index in [0.29, 0.717) is 28.0 Å². The first-order valence-electron chi connectivity index (χ1n) is 13.5. The monoisotopic (exact) mass is 598 g/mol. The van der Waals surface area contributed by atoms with Gasteiger partial charge in [-0.2, -0.15) is 0 Å². The van der Waals surface area contributed by atoms with Gasteiger partial charge in [0.05, 0.1) is 11.6 Å². The topological polar surface area (TPSA) is 71.8 Å². The predicted molar refractivity (Wildman–Crippen MR) is 155 cm³/mol. The van der Waals surface area contributed by atoms with Crippen molar-refractivity contribution in [3.05, 3.63) is 82.8 Å². The average Bonchev–Trinajstić information content (AvgIpc) is 3.35. The molecule has 2 heterocycles. The first kappa shape index (κ1) is 29.5. The number of fused-ring (bicyclic) bond motifs is 1. The van der Waals surface area contributed by atoms with Crippen LogP contribution in [0.2, 0.25) is 5.02 Å². The molecular weight excluding hydrogens is 569 g/mol. The van der Waals surface area contributed by atoms with Gasteiger partial charge in [0.2, 0.25) is 0 Å². The normalized spacial score (nSPS) is 15.1. The summed E-state index contributed by atoms with van der Waals surface area (Å²) in [5, 5.41) is 3.38. The van der Waals surface area contributed by atoms with Gasteiger partial charge in [-0.25, -0.2) is 18.0 Å². The maximum absolute atomic E-state index is 14.0. The van der Waals surface area contributed by atoms with Crippen LogP contribution in [0.15, 0.2) is 65.1 Å². The van der Waals surface area contributed by atoms with Crippen LogP contribution >= 0.6 is 11.6 Å². The van der Waals surface area contributed by atoms with Crippen molar-refractivity contribution in [3.8, 4) is 22.3 Å². The van der Waals surface area contributed by atoms with Crippen LogP contribution in [0.25, 0.3) is 33.2 Å². The quantitative estimate of drug-likeness (QED) is 0.250. The Bertz CT molecular complexity index is 1630. The number of piperidine rings is 1. The number of rotatable bonds is 5. The van der Waals surface area contributed by atoms with Gasteiger partial charge in [0.1, 0.15) is 22.8 Å². The van der Waals surface area contributed by atoms with Crippen molar-refractivity contribution in [2.75, 3.05) is 13.1 Å². The summed E-state index contributed by atoms with van der Waals surface area (Å²) in [7, 11) is 0. The summed E-state index contributed by atoms with van der Waals surface area (Å²) in [6.07, 6.45) is -1.26. The van der Waals surface area contributed by atoms with E-state index in [1.165, 1.54) is 17.0 Å². The third-order valence-electron chi connectivity index (χ3n) is 6.95. The summed E-state index contributed by atoms with van der Waals surface area (Å²) < 4.78 is 52.5. The standard InChI is InChI=1S/C32H30ClF3N2O4/c1-31(2,3)42-30(40)37-18-24-15-23-14-22(16-25(28(23)41-24)21-8-9-27(34)26(33)17-21)19-4-6-20(7-5-19)29(39)38-12-10-32(35,36)11-13-38/h4-9,14-17H,10-13,18H2,1-3H3,(H,37,40). The van der Waals surface area contributed by atoms with E-state index in [0.717, 1.165) is 16.5 Å². The number of alkyl halides is 2. The van der Waals surface area contributed by atoms with E-state index in [1.54, 1.807) is 57.2 Å². The Balaban J connectivity index is 1.46. The first-order chi connectivity index (χ1) is 19.8. The van der Waals surface area contributed by atoms with Gasteiger partial charge < -0.3 is 19.4 Å². The maximum atomic E-state index is 14.0. The van der Waals surface area contributed by atoms with Crippen LogP contribution in [-0.2, 0) is 11.3 Å². The van der Waals surface area contributed by atoms with Crippen LogP contribution < -0.4 is 5.32 Å². The van der Waals surface area contributed by atoms with Crippen molar-refractivity contribution in [1.82, 2.24) is 10.2 Å². The second-order valence-electron chi connectivity index (χ2n) is 11.4. The minimum absolute atomic E-state index is 0.0133. The molecule has 0 spiro atoms. The van der Waals surface area contributed by atoms with Crippen LogP contribution in [0.4, 0.5) is 18.0 Å². The van der Waals surface area contributed by atoms with Gasteiger partial charge in [-0.3, -0.25) is 4.79 Å². The molecule has 220 valence electrons. The van der Waals surface area contributed by atoms with Crippen LogP contribution in [0.1, 0.15) is 49.7 Å².